The van der Waals surface area contributed by atoms with Gasteiger partial charge in [-0.25, -0.2) is 4.98 Å². The predicted octanol–water partition coefficient (Wildman–Crippen LogP) is 3.72. The van der Waals surface area contributed by atoms with Crippen LogP contribution in [0.2, 0.25) is 0 Å². The van der Waals surface area contributed by atoms with E-state index in [1.165, 1.54) is 32.1 Å². The highest BCUT2D eigenvalue weighted by Gasteiger charge is 2.22. The van der Waals surface area contributed by atoms with Crippen molar-refractivity contribution in [1.82, 2.24) is 9.97 Å². The zero-order valence-corrected chi connectivity index (χ0v) is 14.0. The molecule has 0 radical (unpaired) electrons. The second kappa shape index (κ2) is 7.81. The lowest BCUT2D eigenvalue weighted by molar-refractivity contribution is 0.325. The zero-order chi connectivity index (χ0) is 14.4. The summed E-state index contributed by atoms with van der Waals surface area (Å²) in [6.45, 7) is 5.53. The molecule has 0 saturated heterocycles. The van der Waals surface area contributed by atoms with Crippen LogP contribution in [0.3, 0.4) is 0 Å². The molecule has 112 valence electrons. The summed E-state index contributed by atoms with van der Waals surface area (Å²) in [5.74, 6) is 2.47. The van der Waals surface area contributed by atoms with Gasteiger partial charge in [0, 0.05) is 24.0 Å². The average Bonchev–Trinajstić information content (AvgIpc) is 2.45. The van der Waals surface area contributed by atoms with Gasteiger partial charge in [-0.1, -0.05) is 35.2 Å². The Labute approximate surface area is 130 Å². The average molecular weight is 342 g/mol. The van der Waals surface area contributed by atoms with Crippen LogP contribution in [0.4, 0.5) is 5.82 Å². The van der Waals surface area contributed by atoms with Crippen molar-refractivity contribution in [2.24, 2.45) is 0 Å². The largest absolute Gasteiger partial charge is 0.478 e. The van der Waals surface area contributed by atoms with Crippen molar-refractivity contribution in [3.63, 3.8) is 0 Å². The van der Waals surface area contributed by atoms with E-state index < -0.39 is 0 Å². The van der Waals surface area contributed by atoms with Gasteiger partial charge in [0.25, 0.3) is 0 Å². The fourth-order valence-corrected chi connectivity index (χ4v) is 3.24. The number of alkyl halides is 1. The summed E-state index contributed by atoms with van der Waals surface area (Å²) < 4.78 is 5.55. The van der Waals surface area contributed by atoms with Crippen LogP contribution >= 0.6 is 15.9 Å². The number of hydrogen-bond donors (Lipinski definition) is 0. The molecule has 4 nitrogen and oxygen atoms in total. The quantitative estimate of drug-likeness (QED) is 0.739. The van der Waals surface area contributed by atoms with Crippen LogP contribution in [0.1, 0.15) is 44.9 Å². The van der Waals surface area contributed by atoms with E-state index in [0.29, 0.717) is 18.5 Å². The molecule has 20 heavy (non-hydrogen) atoms. The minimum Gasteiger partial charge on any atom is -0.478 e. The summed E-state index contributed by atoms with van der Waals surface area (Å²) in [4.78, 5) is 11.4. The highest BCUT2D eigenvalue weighted by molar-refractivity contribution is 9.09. The summed E-state index contributed by atoms with van der Waals surface area (Å²) in [5, 5.41) is 0.955. The number of aromatic nitrogens is 2. The van der Waals surface area contributed by atoms with E-state index in [1.807, 2.05) is 19.9 Å². The van der Waals surface area contributed by atoms with E-state index in [4.69, 9.17) is 4.74 Å². The zero-order valence-electron chi connectivity index (χ0n) is 12.4. The number of halogens is 1. The Balaban J connectivity index is 2.22. The van der Waals surface area contributed by atoms with Crippen LogP contribution in [-0.2, 0) is 0 Å². The molecule has 0 spiro atoms. The van der Waals surface area contributed by atoms with E-state index in [-0.39, 0.29) is 0 Å². The molecule has 0 aliphatic heterocycles. The highest BCUT2D eigenvalue weighted by atomic mass is 79.9. The second-order valence-electron chi connectivity index (χ2n) is 5.22. The molecule has 0 atom stereocenters. The van der Waals surface area contributed by atoms with Gasteiger partial charge in [-0.05, 0) is 26.7 Å². The van der Waals surface area contributed by atoms with Gasteiger partial charge >= 0.3 is 0 Å². The van der Waals surface area contributed by atoms with Crippen LogP contribution in [0.25, 0.3) is 0 Å². The molecular formula is C15H24BrN3O. The fraction of sp³-hybridized carbons (Fsp3) is 0.733. The molecule has 2 rings (SSSR count). The van der Waals surface area contributed by atoms with Crippen molar-refractivity contribution in [2.75, 3.05) is 23.4 Å². The van der Waals surface area contributed by atoms with Crippen molar-refractivity contribution in [3.05, 3.63) is 11.9 Å². The first-order chi connectivity index (χ1) is 9.74. The highest BCUT2D eigenvalue weighted by Crippen LogP contribution is 2.27. The molecule has 1 aliphatic rings. The summed E-state index contributed by atoms with van der Waals surface area (Å²) in [7, 11) is 0. The van der Waals surface area contributed by atoms with Crippen LogP contribution < -0.4 is 9.64 Å². The molecule has 0 amide bonds. The maximum Gasteiger partial charge on any atom is 0.218 e. The van der Waals surface area contributed by atoms with Crippen LogP contribution in [-0.4, -0.2) is 34.5 Å². The topological polar surface area (TPSA) is 38.2 Å². The normalized spacial score (nSPS) is 16.1. The summed E-state index contributed by atoms with van der Waals surface area (Å²) in [5.41, 5.74) is 0. The van der Waals surface area contributed by atoms with E-state index in [9.17, 15) is 0 Å². The summed E-state index contributed by atoms with van der Waals surface area (Å²) in [6.07, 6.45) is 6.54. The Morgan fingerprint density at radius 3 is 2.70 bits per heavy atom. The van der Waals surface area contributed by atoms with Crippen molar-refractivity contribution in [3.8, 4) is 5.88 Å². The number of hydrogen-bond acceptors (Lipinski definition) is 4. The van der Waals surface area contributed by atoms with E-state index in [1.54, 1.807) is 0 Å². The minimum atomic E-state index is 0.602. The molecule has 0 unspecified atom stereocenters. The number of nitrogens with zero attached hydrogens (tertiary/aromatic N) is 3. The second-order valence-corrected chi connectivity index (χ2v) is 6.01. The van der Waals surface area contributed by atoms with E-state index in [0.717, 1.165) is 23.5 Å². The van der Waals surface area contributed by atoms with E-state index in [2.05, 4.69) is 30.8 Å². The first-order valence-corrected chi connectivity index (χ1v) is 8.67. The SMILES string of the molecule is CCOc1cc(N(CCBr)C2CCCCC2)nc(C)n1. The summed E-state index contributed by atoms with van der Waals surface area (Å²) >= 11 is 3.57. The molecule has 1 aromatic rings. The van der Waals surface area contributed by atoms with Crippen molar-refractivity contribution in [2.45, 2.75) is 52.0 Å². The minimum absolute atomic E-state index is 0.602. The van der Waals surface area contributed by atoms with Gasteiger partial charge in [-0.2, -0.15) is 4.98 Å². The van der Waals surface area contributed by atoms with E-state index >= 15 is 0 Å². The maximum atomic E-state index is 5.55. The number of aryl methyl sites for hydroxylation is 1. The molecule has 1 saturated carbocycles. The van der Waals surface area contributed by atoms with Crippen molar-refractivity contribution >= 4 is 21.7 Å². The molecular weight excluding hydrogens is 318 g/mol. The Morgan fingerprint density at radius 1 is 1.30 bits per heavy atom. The van der Waals surface area contributed by atoms with Gasteiger partial charge in [0.15, 0.2) is 0 Å². The Morgan fingerprint density at radius 2 is 2.05 bits per heavy atom. The van der Waals surface area contributed by atoms with Gasteiger partial charge in [-0.15, -0.1) is 0 Å². The molecule has 1 aliphatic carbocycles. The lowest BCUT2D eigenvalue weighted by Crippen LogP contribution is -2.39. The number of rotatable bonds is 6. The Kier molecular flexibility index (Phi) is 6.07. The van der Waals surface area contributed by atoms with Crippen LogP contribution in [0.5, 0.6) is 5.88 Å². The first-order valence-electron chi connectivity index (χ1n) is 7.55. The lowest BCUT2D eigenvalue weighted by Gasteiger charge is -2.35. The molecule has 5 heteroatoms. The van der Waals surface area contributed by atoms with Gasteiger partial charge < -0.3 is 9.64 Å². The van der Waals surface area contributed by atoms with Crippen LogP contribution in [0, 0.1) is 6.92 Å². The van der Waals surface area contributed by atoms with Crippen molar-refractivity contribution in [1.29, 1.82) is 0 Å². The summed E-state index contributed by atoms with van der Waals surface area (Å²) in [6, 6.07) is 2.58. The number of ether oxygens (including phenoxy) is 1. The van der Waals surface area contributed by atoms with Gasteiger partial charge in [0.1, 0.15) is 11.6 Å². The Hall–Kier alpha value is -0.840. The third-order valence-corrected chi connectivity index (χ3v) is 4.08. The molecule has 0 aromatic carbocycles. The van der Waals surface area contributed by atoms with Gasteiger partial charge in [-0.3, -0.25) is 0 Å². The van der Waals surface area contributed by atoms with Crippen LogP contribution in [0.15, 0.2) is 6.07 Å². The fourth-order valence-electron chi connectivity index (χ4n) is 2.86. The monoisotopic (exact) mass is 341 g/mol. The first kappa shape index (κ1) is 15.5. The van der Waals surface area contributed by atoms with Gasteiger partial charge in [0.2, 0.25) is 5.88 Å². The predicted molar refractivity (Wildman–Crippen MR) is 86.0 cm³/mol. The standard InChI is InChI=1S/C15H24BrN3O/c1-3-20-15-11-14(17-12(2)18-15)19(10-9-16)13-7-5-4-6-8-13/h11,13H,3-10H2,1-2H3. The molecule has 0 bridgehead atoms. The number of anilines is 1. The Bertz CT molecular complexity index is 422. The maximum absolute atomic E-state index is 5.55. The molecule has 1 heterocycles. The molecule has 1 aromatic heterocycles. The third kappa shape index (κ3) is 4.08. The smallest absolute Gasteiger partial charge is 0.218 e. The lowest BCUT2D eigenvalue weighted by atomic mass is 9.94. The van der Waals surface area contributed by atoms with Gasteiger partial charge in [0.05, 0.1) is 6.61 Å². The van der Waals surface area contributed by atoms with Crippen molar-refractivity contribution < 1.29 is 4.74 Å². The molecule has 0 N–H and O–H groups in total. The molecule has 1 fully saturated rings. The third-order valence-electron chi connectivity index (χ3n) is 3.73.